The zero-order valence-corrected chi connectivity index (χ0v) is 19.7. The Morgan fingerprint density at radius 2 is 1.50 bits per heavy atom. The van der Waals surface area contributed by atoms with Crippen LogP contribution in [0, 0.1) is 5.92 Å². The number of amides is 1. The van der Waals surface area contributed by atoms with Crippen molar-refractivity contribution >= 4 is 21.9 Å². The summed E-state index contributed by atoms with van der Waals surface area (Å²) in [5, 5.41) is 2.79. The van der Waals surface area contributed by atoms with E-state index < -0.39 is 40.0 Å². The molecule has 3 unspecified atom stereocenters. The van der Waals surface area contributed by atoms with Crippen molar-refractivity contribution in [3.05, 3.63) is 60.2 Å². The number of carbonyl (C=O) groups is 2. The van der Waals surface area contributed by atoms with E-state index in [-0.39, 0.29) is 10.9 Å². The highest BCUT2D eigenvalue weighted by molar-refractivity contribution is 7.89. The Morgan fingerprint density at radius 1 is 0.906 bits per heavy atom. The van der Waals surface area contributed by atoms with Crippen LogP contribution in [0.3, 0.4) is 0 Å². The number of rotatable bonds is 10. The van der Waals surface area contributed by atoms with Gasteiger partial charge in [0.25, 0.3) is 5.91 Å². The lowest BCUT2D eigenvalue weighted by molar-refractivity contribution is -0.157. The first kappa shape index (κ1) is 25.4. The van der Waals surface area contributed by atoms with Gasteiger partial charge in [-0.1, -0.05) is 44.2 Å². The minimum atomic E-state index is -3.99. The summed E-state index contributed by atoms with van der Waals surface area (Å²) >= 11 is 0. The summed E-state index contributed by atoms with van der Waals surface area (Å²) in [5.41, 5.74) is 0.909. The third-order valence-electron chi connectivity index (χ3n) is 4.89. The molecule has 0 aliphatic heterocycles. The average molecular weight is 463 g/mol. The smallest absolute Gasteiger partial charge is 0.325 e. The standard InChI is InChI=1S/C23H30N2O6S/c1-15(2)21(25-32(28,29)20-13-11-19(30-5)12-14-20)23(27)31-17(4)22(26)24-16(3)18-9-7-6-8-10-18/h6-17,21,25H,1-5H3,(H,24,26). The van der Waals surface area contributed by atoms with Crippen LogP contribution in [-0.2, 0) is 24.3 Å². The molecule has 0 bridgehead atoms. The average Bonchev–Trinajstić information content (AvgIpc) is 2.77. The maximum Gasteiger partial charge on any atom is 0.325 e. The molecule has 2 aromatic rings. The van der Waals surface area contributed by atoms with Gasteiger partial charge in [-0.2, -0.15) is 4.72 Å². The fourth-order valence-corrected chi connectivity index (χ4v) is 4.24. The Labute approximate surface area is 189 Å². The van der Waals surface area contributed by atoms with E-state index in [0.717, 1.165) is 5.56 Å². The first-order valence-electron chi connectivity index (χ1n) is 10.3. The Hall–Kier alpha value is -2.91. The number of benzene rings is 2. The highest BCUT2D eigenvalue weighted by Crippen LogP contribution is 2.18. The zero-order valence-electron chi connectivity index (χ0n) is 18.9. The summed E-state index contributed by atoms with van der Waals surface area (Å²) < 4.78 is 38.2. The molecule has 9 heteroatoms. The number of carbonyl (C=O) groups excluding carboxylic acids is 2. The quantitative estimate of drug-likeness (QED) is 0.526. The van der Waals surface area contributed by atoms with Gasteiger partial charge in [0.05, 0.1) is 18.0 Å². The molecule has 32 heavy (non-hydrogen) atoms. The summed E-state index contributed by atoms with van der Waals surface area (Å²) in [4.78, 5) is 25.2. The zero-order chi connectivity index (χ0) is 23.9. The fourth-order valence-electron chi connectivity index (χ4n) is 2.90. The van der Waals surface area contributed by atoms with Gasteiger partial charge in [0.15, 0.2) is 6.10 Å². The van der Waals surface area contributed by atoms with Crippen molar-refractivity contribution in [2.45, 2.75) is 50.8 Å². The molecule has 0 fully saturated rings. The van der Waals surface area contributed by atoms with Crippen LogP contribution >= 0.6 is 0 Å². The van der Waals surface area contributed by atoms with E-state index >= 15 is 0 Å². The lowest BCUT2D eigenvalue weighted by atomic mass is 10.1. The number of sulfonamides is 1. The van der Waals surface area contributed by atoms with E-state index in [1.165, 1.54) is 38.3 Å². The number of esters is 1. The molecule has 1 amide bonds. The lowest BCUT2D eigenvalue weighted by Crippen LogP contribution is -2.47. The van der Waals surface area contributed by atoms with Gasteiger partial charge >= 0.3 is 5.97 Å². The van der Waals surface area contributed by atoms with Crippen molar-refractivity contribution < 1.29 is 27.5 Å². The molecule has 3 atom stereocenters. The Bertz CT molecular complexity index is 1010. The molecule has 2 aromatic carbocycles. The SMILES string of the molecule is COc1ccc(S(=O)(=O)NC(C(=O)OC(C)C(=O)NC(C)c2ccccc2)C(C)C)cc1. The molecule has 8 nitrogen and oxygen atoms in total. The van der Waals surface area contributed by atoms with Crippen LogP contribution in [0.2, 0.25) is 0 Å². The second-order valence-electron chi connectivity index (χ2n) is 7.74. The number of nitrogens with one attached hydrogen (secondary N) is 2. The molecule has 2 N–H and O–H groups in total. The molecular formula is C23H30N2O6S. The highest BCUT2D eigenvalue weighted by atomic mass is 32.2. The first-order chi connectivity index (χ1) is 15.0. The van der Waals surface area contributed by atoms with Gasteiger partial charge in [-0.3, -0.25) is 9.59 Å². The molecule has 0 aliphatic carbocycles. The third kappa shape index (κ3) is 6.80. The van der Waals surface area contributed by atoms with Crippen LogP contribution in [-0.4, -0.2) is 39.5 Å². The fraction of sp³-hybridized carbons (Fsp3) is 0.391. The number of ether oxygens (including phenoxy) is 2. The summed E-state index contributed by atoms with van der Waals surface area (Å²) in [6.07, 6.45) is -1.10. The van der Waals surface area contributed by atoms with Crippen LogP contribution in [0.4, 0.5) is 0 Å². The number of hydrogen-bond acceptors (Lipinski definition) is 6. The monoisotopic (exact) mass is 462 g/mol. The molecule has 2 rings (SSSR count). The summed E-state index contributed by atoms with van der Waals surface area (Å²) in [6, 6.07) is 13.7. The Balaban J connectivity index is 2.04. The van der Waals surface area contributed by atoms with E-state index in [4.69, 9.17) is 9.47 Å². The predicted octanol–water partition coefficient (Wildman–Crippen LogP) is 2.81. The topological polar surface area (TPSA) is 111 Å². The molecule has 0 aromatic heterocycles. The van der Waals surface area contributed by atoms with Gasteiger partial charge in [-0.05, 0) is 49.6 Å². The van der Waals surface area contributed by atoms with Gasteiger partial charge in [-0.15, -0.1) is 0 Å². The van der Waals surface area contributed by atoms with Crippen LogP contribution in [0.15, 0.2) is 59.5 Å². The first-order valence-corrected chi connectivity index (χ1v) is 11.8. The molecule has 0 spiro atoms. The summed E-state index contributed by atoms with van der Waals surface area (Å²) in [5.74, 6) is -1.20. The van der Waals surface area contributed by atoms with E-state index in [1.54, 1.807) is 13.8 Å². The normalized spacial score (nSPS) is 14.3. The third-order valence-corrected chi connectivity index (χ3v) is 6.35. The van der Waals surface area contributed by atoms with Crippen LogP contribution in [0.1, 0.15) is 39.3 Å². The van der Waals surface area contributed by atoms with Crippen molar-refractivity contribution in [2.24, 2.45) is 5.92 Å². The van der Waals surface area contributed by atoms with Crippen molar-refractivity contribution in [3.8, 4) is 5.75 Å². The van der Waals surface area contributed by atoms with Crippen LogP contribution in [0.25, 0.3) is 0 Å². The molecule has 0 radical (unpaired) electrons. The molecule has 0 aliphatic rings. The Morgan fingerprint density at radius 3 is 2.03 bits per heavy atom. The highest BCUT2D eigenvalue weighted by Gasteiger charge is 2.32. The summed E-state index contributed by atoms with van der Waals surface area (Å²) in [6.45, 7) is 6.64. The molecular weight excluding hydrogens is 432 g/mol. The van der Waals surface area contributed by atoms with Gasteiger partial charge in [0, 0.05) is 0 Å². The van der Waals surface area contributed by atoms with E-state index in [1.807, 2.05) is 37.3 Å². The largest absolute Gasteiger partial charge is 0.497 e. The van der Waals surface area contributed by atoms with Crippen LogP contribution < -0.4 is 14.8 Å². The molecule has 174 valence electrons. The second kappa shape index (κ2) is 11.1. The molecule has 0 saturated carbocycles. The maximum absolute atomic E-state index is 12.7. The van der Waals surface area contributed by atoms with E-state index in [0.29, 0.717) is 5.75 Å². The lowest BCUT2D eigenvalue weighted by Gasteiger charge is -2.23. The van der Waals surface area contributed by atoms with Gasteiger partial charge < -0.3 is 14.8 Å². The van der Waals surface area contributed by atoms with Gasteiger partial charge in [0.2, 0.25) is 10.0 Å². The van der Waals surface area contributed by atoms with Crippen LogP contribution in [0.5, 0.6) is 5.75 Å². The van der Waals surface area contributed by atoms with E-state index in [9.17, 15) is 18.0 Å². The second-order valence-corrected chi connectivity index (χ2v) is 9.45. The molecule has 0 saturated heterocycles. The van der Waals surface area contributed by atoms with Crippen molar-refractivity contribution in [1.82, 2.24) is 10.0 Å². The van der Waals surface area contributed by atoms with Crippen molar-refractivity contribution in [2.75, 3.05) is 7.11 Å². The molecule has 0 heterocycles. The predicted molar refractivity (Wildman–Crippen MR) is 120 cm³/mol. The number of hydrogen-bond donors (Lipinski definition) is 2. The number of methoxy groups -OCH3 is 1. The van der Waals surface area contributed by atoms with Gasteiger partial charge in [0.1, 0.15) is 11.8 Å². The van der Waals surface area contributed by atoms with Crippen molar-refractivity contribution in [1.29, 1.82) is 0 Å². The summed E-state index contributed by atoms with van der Waals surface area (Å²) in [7, 11) is -2.52. The maximum atomic E-state index is 12.7. The van der Waals surface area contributed by atoms with Gasteiger partial charge in [-0.25, -0.2) is 8.42 Å². The van der Waals surface area contributed by atoms with E-state index in [2.05, 4.69) is 10.0 Å². The minimum Gasteiger partial charge on any atom is -0.497 e. The Kier molecular flexibility index (Phi) is 8.80. The van der Waals surface area contributed by atoms with Crippen molar-refractivity contribution in [3.63, 3.8) is 0 Å². The minimum absolute atomic E-state index is 0.0146.